The lowest BCUT2D eigenvalue weighted by Gasteiger charge is -2.17. The molecule has 1 heterocycles. The van der Waals surface area contributed by atoms with E-state index in [4.69, 9.17) is 10.8 Å². The molecule has 0 aliphatic carbocycles. The Kier molecular flexibility index (Phi) is 3.66. The summed E-state index contributed by atoms with van der Waals surface area (Å²) in [7, 11) is 0. The summed E-state index contributed by atoms with van der Waals surface area (Å²) in [5, 5.41) is 12.1. The van der Waals surface area contributed by atoms with Crippen LogP contribution in [-0.4, -0.2) is 16.1 Å². The van der Waals surface area contributed by atoms with E-state index in [1.54, 1.807) is 18.5 Å². The fourth-order valence-electron chi connectivity index (χ4n) is 1.78. The van der Waals surface area contributed by atoms with Gasteiger partial charge in [0, 0.05) is 12.4 Å². The van der Waals surface area contributed by atoms with Gasteiger partial charge in [0.2, 0.25) is 0 Å². The molecule has 2 aromatic rings. The molecule has 0 bridgehead atoms. The zero-order valence-corrected chi connectivity index (χ0v) is 10.5. The summed E-state index contributed by atoms with van der Waals surface area (Å²) in [6.07, 6.45) is 3.49. The average Bonchev–Trinajstić information content (AvgIpc) is 2.41. The Morgan fingerprint density at radius 1 is 1.42 bits per heavy atom. The molecule has 5 heteroatoms. The number of aromatic nitrogens is 1. The molecule has 5 nitrogen and oxygen atoms in total. The smallest absolute Gasteiger partial charge is 0.335 e. The number of nitrogen functional groups attached to an aromatic ring is 1. The Bertz CT molecular complexity index is 584. The van der Waals surface area contributed by atoms with Crippen molar-refractivity contribution < 1.29 is 9.90 Å². The lowest BCUT2D eigenvalue weighted by molar-refractivity contribution is 0.0697. The topological polar surface area (TPSA) is 88.2 Å². The number of pyridine rings is 1. The highest BCUT2D eigenvalue weighted by atomic mass is 16.4. The van der Waals surface area contributed by atoms with Crippen LogP contribution in [0.15, 0.2) is 42.7 Å². The van der Waals surface area contributed by atoms with Crippen molar-refractivity contribution in [3.8, 4) is 0 Å². The van der Waals surface area contributed by atoms with E-state index in [2.05, 4.69) is 10.3 Å². The molecule has 0 aliphatic rings. The standard InChI is InChI=1S/C14H15N3O2/c1-9(11-3-2-6-16-8-11)17-13-5-4-10(14(18)19)7-12(13)15/h2-9,17H,15H2,1H3,(H,18,19). The van der Waals surface area contributed by atoms with Gasteiger partial charge >= 0.3 is 5.97 Å². The fourth-order valence-corrected chi connectivity index (χ4v) is 1.78. The van der Waals surface area contributed by atoms with Gasteiger partial charge in [0.25, 0.3) is 0 Å². The molecule has 1 unspecified atom stereocenters. The highest BCUT2D eigenvalue weighted by molar-refractivity contribution is 5.90. The van der Waals surface area contributed by atoms with Crippen molar-refractivity contribution in [1.82, 2.24) is 4.98 Å². The van der Waals surface area contributed by atoms with E-state index < -0.39 is 5.97 Å². The maximum absolute atomic E-state index is 10.8. The molecule has 0 amide bonds. The first kappa shape index (κ1) is 12.9. The first-order valence-electron chi connectivity index (χ1n) is 5.87. The Balaban J connectivity index is 2.18. The van der Waals surface area contributed by atoms with Gasteiger partial charge in [0.05, 0.1) is 23.0 Å². The number of rotatable bonds is 4. The van der Waals surface area contributed by atoms with E-state index >= 15 is 0 Å². The molecular formula is C14H15N3O2. The molecule has 1 aromatic heterocycles. The third kappa shape index (κ3) is 3.01. The van der Waals surface area contributed by atoms with Crippen LogP contribution in [0, 0.1) is 0 Å². The number of carboxylic acids is 1. The largest absolute Gasteiger partial charge is 0.478 e. The molecular weight excluding hydrogens is 242 g/mol. The van der Waals surface area contributed by atoms with E-state index in [9.17, 15) is 4.79 Å². The van der Waals surface area contributed by atoms with E-state index in [0.717, 1.165) is 5.56 Å². The van der Waals surface area contributed by atoms with E-state index in [1.807, 2.05) is 19.1 Å². The van der Waals surface area contributed by atoms with Crippen LogP contribution in [-0.2, 0) is 0 Å². The normalized spacial score (nSPS) is 11.8. The number of hydrogen-bond donors (Lipinski definition) is 3. The quantitative estimate of drug-likeness (QED) is 0.732. The van der Waals surface area contributed by atoms with E-state index in [-0.39, 0.29) is 11.6 Å². The summed E-state index contributed by atoms with van der Waals surface area (Å²) < 4.78 is 0. The third-order valence-electron chi connectivity index (χ3n) is 2.85. The molecule has 0 radical (unpaired) electrons. The molecule has 4 N–H and O–H groups in total. The predicted molar refractivity (Wildman–Crippen MR) is 74.1 cm³/mol. The van der Waals surface area contributed by atoms with Gasteiger partial charge in [-0.25, -0.2) is 4.79 Å². The van der Waals surface area contributed by atoms with Crippen molar-refractivity contribution in [2.24, 2.45) is 0 Å². The van der Waals surface area contributed by atoms with Crippen molar-refractivity contribution in [3.05, 3.63) is 53.9 Å². The van der Waals surface area contributed by atoms with Gasteiger partial charge in [-0.1, -0.05) is 6.07 Å². The first-order chi connectivity index (χ1) is 9.08. The van der Waals surface area contributed by atoms with Gasteiger partial charge in [-0.3, -0.25) is 4.98 Å². The zero-order chi connectivity index (χ0) is 13.8. The SMILES string of the molecule is CC(Nc1ccc(C(=O)O)cc1N)c1cccnc1. The summed E-state index contributed by atoms with van der Waals surface area (Å²) in [6, 6.07) is 8.51. The summed E-state index contributed by atoms with van der Waals surface area (Å²) in [5.41, 5.74) is 8.18. The molecule has 0 saturated carbocycles. The van der Waals surface area contributed by atoms with Crippen molar-refractivity contribution in [2.75, 3.05) is 11.1 Å². The van der Waals surface area contributed by atoms with Crippen LogP contribution >= 0.6 is 0 Å². The Hall–Kier alpha value is -2.56. The van der Waals surface area contributed by atoms with Crippen LogP contribution < -0.4 is 11.1 Å². The second-order valence-corrected chi connectivity index (χ2v) is 4.26. The molecule has 0 saturated heterocycles. The highest BCUT2D eigenvalue weighted by Gasteiger charge is 2.09. The number of carboxylic acid groups (broad SMARTS) is 1. The van der Waals surface area contributed by atoms with Crippen molar-refractivity contribution in [1.29, 1.82) is 0 Å². The van der Waals surface area contributed by atoms with Crippen LogP contribution in [0.1, 0.15) is 28.9 Å². The molecule has 2 rings (SSSR count). The molecule has 98 valence electrons. The zero-order valence-electron chi connectivity index (χ0n) is 10.5. The van der Waals surface area contributed by atoms with Crippen LogP contribution in [0.2, 0.25) is 0 Å². The predicted octanol–water partition coefficient (Wildman–Crippen LogP) is 2.54. The molecule has 0 spiro atoms. The number of nitrogens with two attached hydrogens (primary N) is 1. The van der Waals surface area contributed by atoms with Crippen molar-refractivity contribution in [3.63, 3.8) is 0 Å². The summed E-state index contributed by atoms with van der Waals surface area (Å²) in [4.78, 5) is 14.9. The molecule has 1 atom stereocenters. The van der Waals surface area contributed by atoms with Gasteiger partial charge in [-0.2, -0.15) is 0 Å². The number of benzene rings is 1. The number of carbonyl (C=O) groups is 1. The monoisotopic (exact) mass is 257 g/mol. The molecule has 19 heavy (non-hydrogen) atoms. The average molecular weight is 257 g/mol. The van der Waals surface area contributed by atoms with Crippen molar-refractivity contribution in [2.45, 2.75) is 13.0 Å². The first-order valence-corrected chi connectivity index (χ1v) is 5.87. The Labute approximate surface area is 111 Å². The number of nitrogens with zero attached hydrogens (tertiary/aromatic N) is 1. The van der Waals surface area contributed by atoms with Crippen LogP contribution in [0.25, 0.3) is 0 Å². The third-order valence-corrected chi connectivity index (χ3v) is 2.85. The number of nitrogens with one attached hydrogen (secondary N) is 1. The summed E-state index contributed by atoms with van der Waals surface area (Å²) >= 11 is 0. The second kappa shape index (κ2) is 5.39. The van der Waals surface area contributed by atoms with Crippen molar-refractivity contribution >= 4 is 17.3 Å². The van der Waals surface area contributed by atoms with Gasteiger partial charge in [0.1, 0.15) is 0 Å². The maximum atomic E-state index is 10.8. The lowest BCUT2D eigenvalue weighted by Crippen LogP contribution is -2.09. The summed E-state index contributed by atoms with van der Waals surface area (Å²) in [6.45, 7) is 1.99. The number of aromatic carboxylic acids is 1. The van der Waals surface area contributed by atoms with Crippen LogP contribution in [0.4, 0.5) is 11.4 Å². The molecule has 1 aromatic carbocycles. The van der Waals surface area contributed by atoms with Crippen LogP contribution in [0.3, 0.4) is 0 Å². The maximum Gasteiger partial charge on any atom is 0.335 e. The minimum absolute atomic E-state index is 0.0340. The van der Waals surface area contributed by atoms with Gasteiger partial charge < -0.3 is 16.2 Å². The van der Waals surface area contributed by atoms with Gasteiger partial charge in [-0.15, -0.1) is 0 Å². The fraction of sp³-hybridized carbons (Fsp3) is 0.143. The number of anilines is 2. The molecule has 0 aliphatic heterocycles. The highest BCUT2D eigenvalue weighted by Crippen LogP contribution is 2.24. The minimum Gasteiger partial charge on any atom is -0.478 e. The Morgan fingerprint density at radius 3 is 2.79 bits per heavy atom. The summed E-state index contributed by atoms with van der Waals surface area (Å²) in [5.74, 6) is -0.987. The minimum atomic E-state index is -0.987. The van der Waals surface area contributed by atoms with E-state index in [0.29, 0.717) is 11.4 Å². The van der Waals surface area contributed by atoms with Gasteiger partial charge in [0.15, 0.2) is 0 Å². The Morgan fingerprint density at radius 2 is 2.21 bits per heavy atom. The molecule has 0 fully saturated rings. The van der Waals surface area contributed by atoms with Crippen LogP contribution in [0.5, 0.6) is 0 Å². The second-order valence-electron chi connectivity index (χ2n) is 4.26. The lowest BCUT2D eigenvalue weighted by atomic mass is 10.1. The van der Waals surface area contributed by atoms with Gasteiger partial charge in [-0.05, 0) is 36.8 Å². The number of hydrogen-bond acceptors (Lipinski definition) is 4. The van der Waals surface area contributed by atoms with E-state index in [1.165, 1.54) is 12.1 Å².